The van der Waals surface area contributed by atoms with Crippen molar-refractivity contribution in [3.8, 4) is 0 Å². The Morgan fingerprint density at radius 2 is 2.28 bits per heavy atom. The molecule has 94 valence electrons. The zero-order valence-corrected chi connectivity index (χ0v) is 10.8. The monoisotopic (exact) mass is 261 g/mol. The van der Waals surface area contributed by atoms with Crippen LogP contribution in [-0.2, 0) is 11.3 Å². The van der Waals surface area contributed by atoms with Crippen molar-refractivity contribution in [3.05, 3.63) is 29.0 Å². The van der Waals surface area contributed by atoms with E-state index in [4.69, 9.17) is 22.7 Å². The van der Waals surface area contributed by atoms with Gasteiger partial charge in [0, 0.05) is 12.0 Å². The minimum absolute atomic E-state index is 0.210. The lowest BCUT2D eigenvalue weighted by molar-refractivity contribution is 0.0969. The molecule has 5 heteroatoms. The van der Waals surface area contributed by atoms with Crippen LogP contribution in [0.2, 0.25) is 0 Å². The van der Waals surface area contributed by atoms with Crippen molar-refractivity contribution in [2.75, 3.05) is 12.3 Å². The maximum atomic E-state index is 6.20. The summed E-state index contributed by atoms with van der Waals surface area (Å²) in [6.07, 6.45) is 2.38. The summed E-state index contributed by atoms with van der Waals surface area (Å²) in [5, 5.41) is 0.948. The number of fused-ring (bicyclic) bond motifs is 1. The van der Waals surface area contributed by atoms with Gasteiger partial charge < -0.3 is 15.0 Å². The maximum Gasteiger partial charge on any atom is 0.201 e. The number of nitrogen functional groups attached to an aromatic ring is 1. The molecule has 18 heavy (non-hydrogen) atoms. The number of hydrogen-bond donors (Lipinski definition) is 1. The smallest absolute Gasteiger partial charge is 0.201 e. The predicted molar refractivity (Wildman–Crippen MR) is 74.0 cm³/mol. The van der Waals surface area contributed by atoms with E-state index in [-0.39, 0.29) is 6.10 Å². The normalized spacial score (nSPS) is 19.4. The quantitative estimate of drug-likeness (QED) is 0.844. The number of anilines is 1. The molecule has 1 aliphatic heterocycles. The predicted octanol–water partition coefficient (Wildman–Crippen LogP) is 2.53. The number of ether oxygens (including phenoxy) is 1. The molecule has 1 aliphatic rings. The Morgan fingerprint density at radius 3 is 3.06 bits per heavy atom. The van der Waals surface area contributed by atoms with Gasteiger partial charge in [-0.1, -0.05) is 12.1 Å². The third-order valence-corrected chi connectivity index (χ3v) is 3.64. The van der Waals surface area contributed by atoms with Crippen LogP contribution in [0.25, 0.3) is 10.9 Å². The lowest BCUT2D eigenvalue weighted by Gasteiger charge is -2.16. The fraction of sp³-hybridized carbons (Fsp3) is 0.385. The van der Waals surface area contributed by atoms with E-state index in [1.54, 1.807) is 0 Å². The molecule has 0 saturated carbocycles. The first-order chi connectivity index (χ1) is 8.75. The molecule has 2 N–H and O–H groups in total. The Bertz CT molecular complexity index is 632. The van der Waals surface area contributed by atoms with Crippen molar-refractivity contribution in [1.82, 2.24) is 9.55 Å². The van der Waals surface area contributed by atoms with Crippen molar-refractivity contribution < 1.29 is 4.74 Å². The van der Waals surface area contributed by atoms with Gasteiger partial charge in [0.2, 0.25) is 4.77 Å². The molecule has 1 aromatic heterocycles. The van der Waals surface area contributed by atoms with E-state index in [9.17, 15) is 0 Å². The Morgan fingerprint density at radius 1 is 1.44 bits per heavy atom. The second-order valence-corrected chi connectivity index (χ2v) is 4.91. The molecule has 0 bridgehead atoms. The molecule has 4 nitrogen and oxygen atoms in total. The average Bonchev–Trinajstić information content (AvgIpc) is 2.87. The van der Waals surface area contributed by atoms with Crippen LogP contribution in [-0.4, -0.2) is 22.3 Å². The first-order valence-electron chi connectivity index (χ1n) is 6.12. The van der Waals surface area contributed by atoms with Crippen molar-refractivity contribution in [3.63, 3.8) is 0 Å². The van der Waals surface area contributed by atoms with Crippen LogP contribution in [0.5, 0.6) is 0 Å². The van der Waals surface area contributed by atoms with Gasteiger partial charge in [-0.25, -0.2) is 4.98 Å². The largest absolute Gasteiger partial charge is 0.384 e. The summed E-state index contributed by atoms with van der Waals surface area (Å²) in [5.41, 5.74) is 7.05. The molecule has 0 radical (unpaired) electrons. The molecule has 0 spiro atoms. The van der Waals surface area contributed by atoms with Crippen molar-refractivity contribution >= 4 is 28.9 Å². The van der Waals surface area contributed by atoms with Gasteiger partial charge in [0.1, 0.15) is 5.82 Å². The number of para-hydroxylation sites is 1. The van der Waals surface area contributed by atoms with E-state index in [2.05, 4.69) is 4.98 Å². The van der Waals surface area contributed by atoms with E-state index in [1.807, 2.05) is 28.8 Å². The number of rotatable bonds is 2. The molecule has 1 fully saturated rings. The molecule has 1 aromatic carbocycles. The lowest BCUT2D eigenvalue weighted by atomic mass is 10.2. The van der Waals surface area contributed by atoms with Gasteiger partial charge in [-0.3, -0.25) is 0 Å². The van der Waals surface area contributed by atoms with Gasteiger partial charge in [-0.05, 0) is 37.2 Å². The average molecular weight is 261 g/mol. The summed E-state index contributed by atoms with van der Waals surface area (Å²) in [5.74, 6) is 0.682. The highest BCUT2D eigenvalue weighted by atomic mass is 32.1. The number of hydrogen-bond acceptors (Lipinski definition) is 4. The number of nitrogens with two attached hydrogens (primary N) is 1. The summed E-state index contributed by atoms with van der Waals surface area (Å²) >= 11 is 5.32. The maximum absolute atomic E-state index is 6.20. The van der Waals surface area contributed by atoms with Gasteiger partial charge in [-0.2, -0.15) is 0 Å². The number of aromatic nitrogens is 2. The molecular formula is C13H15N3OS. The van der Waals surface area contributed by atoms with Crippen molar-refractivity contribution in [1.29, 1.82) is 0 Å². The minimum Gasteiger partial charge on any atom is -0.384 e. The van der Waals surface area contributed by atoms with E-state index in [1.165, 1.54) is 0 Å². The molecule has 3 rings (SSSR count). The molecule has 2 aromatic rings. The van der Waals surface area contributed by atoms with Gasteiger partial charge >= 0.3 is 0 Å². The molecule has 0 amide bonds. The fourth-order valence-electron chi connectivity index (χ4n) is 2.37. The molecule has 1 saturated heterocycles. The molecule has 0 unspecified atom stereocenters. The second-order valence-electron chi connectivity index (χ2n) is 4.54. The SMILES string of the molecule is Nc1c2ccccc2nc(=S)n1C[C@H]1CCCO1. The van der Waals surface area contributed by atoms with Crippen LogP contribution < -0.4 is 5.73 Å². The summed E-state index contributed by atoms with van der Waals surface area (Å²) in [7, 11) is 0. The number of benzene rings is 1. The standard InChI is InChI=1S/C13H15N3OS/c14-12-10-5-1-2-6-11(10)15-13(18)16(12)8-9-4-3-7-17-9/h1-2,5-6,9H,3-4,7-8,14H2/t9-/m1/s1. The van der Waals surface area contributed by atoms with Gasteiger partial charge in [0.15, 0.2) is 0 Å². The zero-order chi connectivity index (χ0) is 12.5. The van der Waals surface area contributed by atoms with Crippen LogP contribution in [0.15, 0.2) is 24.3 Å². The molecular weight excluding hydrogens is 246 g/mol. The number of nitrogens with zero attached hydrogens (tertiary/aromatic N) is 2. The summed E-state index contributed by atoms with van der Waals surface area (Å²) < 4.78 is 8.04. The highest BCUT2D eigenvalue weighted by Gasteiger charge is 2.17. The Kier molecular flexibility index (Phi) is 3.01. The van der Waals surface area contributed by atoms with Crippen LogP contribution in [0.3, 0.4) is 0 Å². The Labute approximate surface area is 110 Å². The summed E-state index contributed by atoms with van der Waals surface area (Å²) in [6, 6.07) is 7.80. The summed E-state index contributed by atoms with van der Waals surface area (Å²) in [6.45, 7) is 1.53. The van der Waals surface area contributed by atoms with Crippen molar-refractivity contribution in [2.24, 2.45) is 0 Å². The Balaban J connectivity index is 2.07. The van der Waals surface area contributed by atoms with Crippen LogP contribution in [0, 0.1) is 4.77 Å². The molecule has 2 heterocycles. The van der Waals surface area contributed by atoms with Gasteiger partial charge in [0.05, 0.1) is 18.2 Å². The molecule has 0 aliphatic carbocycles. The highest BCUT2D eigenvalue weighted by molar-refractivity contribution is 7.71. The first-order valence-corrected chi connectivity index (χ1v) is 6.53. The Hall–Kier alpha value is -1.46. The molecule has 1 atom stereocenters. The van der Waals surface area contributed by atoms with Crippen LogP contribution in [0.1, 0.15) is 12.8 Å². The van der Waals surface area contributed by atoms with Gasteiger partial charge in [-0.15, -0.1) is 0 Å². The lowest BCUT2D eigenvalue weighted by Crippen LogP contribution is -2.19. The van der Waals surface area contributed by atoms with Crippen LogP contribution in [0.4, 0.5) is 5.82 Å². The topological polar surface area (TPSA) is 53.1 Å². The minimum atomic E-state index is 0.210. The van der Waals surface area contributed by atoms with E-state index in [0.29, 0.717) is 17.1 Å². The van der Waals surface area contributed by atoms with E-state index >= 15 is 0 Å². The highest BCUT2D eigenvalue weighted by Crippen LogP contribution is 2.22. The van der Waals surface area contributed by atoms with Crippen LogP contribution >= 0.6 is 12.2 Å². The second kappa shape index (κ2) is 4.66. The third kappa shape index (κ3) is 2.00. The zero-order valence-electron chi connectivity index (χ0n) is 10.0. The third-order valence-electron chi connectivity index (χ3n) is 3.33. The fourth-order valence-corrected chi connectivity index (χ4v) is 2.64. The van der Waals surface area contributed by atoms with Crippen molar-refractivity contribution in [2.45, 2.75) is 25.5 Å². The first kappa shape index (κ1) is 11.6. The van der Waals surface area contributed by atoms with E-state index < -0.39 is 0 Å². The van der Waals surface area contributed by atoms with Gasteiger partial charge in [0.25, 0.3) is 0 Å². The summed E-state index contributed by atoms with van der Waals surface area (Å²) in [4.78, 5) is 4.42. The van der Waals surface area contributed by atoms with E-state index in [0.717, 1.165) is 30.4 Å².